The Kier molecular flexibility index (Phi) is 5.91. The van der Waals surface area contributed by atoms with E-state index in [1.165, 1.54) is 12.4 Å². The number of aromatic nitrogens is 3. The molecule has 0 bridgehead atoms. The third-order valence-corrected chi connectivity index (χ3v) is 4.52. The number of hydrogen-bond acceptors (Lipinski definition) is 6. The zero-order valence-corrected chi connectivity index (χ0v) is 15.2. The highest BCUT2D eigenvalue weighted by molar-refractivity contribution is 5.57. The lowest BCUT2D eigenvalue weighted by Gasteiger charge is -2.37. The van der Waals surface area contributed by atoms with Crippen molar-refractivity contribution in [2.75, 3.05) is 31.6 Å². The van der Waals surface area contributed by atoms with Crippen molar-refractivity contribution in [3.63, 3.8) is 0 Å². The minimum atomic E-state index is -4.55. The molecule has 0 amide bonds. The normalized spacial score (nSPS) is 19.7. The molecule has 1 N–H and O–H groups in total. The molecule has 1 saturated heterocycles. The largest absolute Gasteiger partial charge is 0.433 e. The van der Waals surface area contributed by atoms with E-state index in [-0.39, 0.29) is 23.7 Å². The van der Waals surface area contributed by atoms with Crippen molar-refractivity contribution in [1.29, 1.82) is 0 Å². The first-order valence-electron chi connectivity index (χ1n) is 8.78. The van der Waals surface area contributed by atoms with Crippen LogP contribution in [0.25, 0.3) is 11.4 Å². The Morgan fingerprint density at radius 3 is 2.70 bits per heavy atom. The van der Waals surface area contributed by atoms with Crippen LogP contribution in [-0.4, -0.2) is 58.2 Å². The quantitative estimate of drug-likeness (QED) is 0.859. The zero-order valence-electron chi connectivity index (χ0n) is 15.2. The lowest BCUT2D eigenvalue weighted by molar-refractivity contribution is -0.141. The number of anilines is 1. The van der Waals surface area contributed by atoms with Crippen molar-refractivity contribution >= 4 is 5.82 Å². The lowest BCUT2D eigenvalue weighted by atomic mass is 10.2. The first-order chi connectivity index (χ1) is 12.8. The van der Waals surface area contributed by atoms with Crippen LogP contribution in [0.15, 0.2) is 30.6 Å². The third-order valence-electron chi connectivity index (χ3n) is 4.52. The number of morpholine rings is 1. The van der Waals surface area contributed by atoms with Crippen molar-refractivity contribution in [2.45, 2.75) is 32.1 Å². The van der Waals surface area contributed by atoms with Crippen molar-refractivity contribution in [2.24, 2.45) is 0 Å². The monoisotopic (exact) mass is 381 g/mol. The van der Waals surface area contributed by atoms with Crippen molar-refractivity contribution in [3.05, 3.63) is 36.3 Å². The molecule has 2 unspecified atom stereocenters. The van der Waals surface area contributed by atoms with Gasteiger partial charge in [0.25, 0.3) is 0 Å². The fourth-order valence-electron chi connectivity index (χ4n) is 3.08. The van der Waals surface area contributed by atoms with E-state index in [0.717, 1.165) is 12.6 Å². The summed E-state index contributed by atoms with van der Waals surface area (Å²) in [7, 11) is 0. The summed E-state index contributed by atoms with van der Waals surface area (Å²) < 4.78 is 45.2. The van der Waals surface area contributed by atoms with Crippen LogP contribution < -0.4 is 5.32 Å². The van der Waals surface area contributed by atoms with E-state index in [9.17, 15) is 13.2 Å². The smallest absolute Gasteiger partial charge is 0.379 e. The minimum Gasteiger partial charge on any atom is -0.379 e. The number of nitrogens with zero attached hydrogens (tertiary/aromatic N) is 4. The predicted octanol–water partition coefficient (Wildman–Crippen LogP) is 3.08. The topological polar surface area (TPSA) is 63.2 Å². The van der Waals surface area contributed by atoms with Gasteiger partial charge in [-0.05, 0) is 26.0 Å². The molecule has 1 fully saturated rings. The van der Waals surface area contributed by atoms with Gasteiger partial charge in [0.15, 0.2) is 11.5 Å². The van der Waals surface area contributed by atoms with E-state index >= 15 is 0 Å². The van der Waals surface area contributed by atoms with Crippen molar-refractivity contribution in [1.82, 2.24) is 19.9 Å². The summed E-state index contributed by atoms with van der Waals surface area (Å²) in [6, 6.07) is 4.49. The second kappa shape index (κ2) is 8.18. The van der Waals surface area contributed by atoms with Gasteiger partial charge in [-0.1, -0.05) is 0 Å². The van der Waals surface area contributed by atoms with Gasteiger partial charge in [0, 0.05) is 49.2 Å². The number of ether oxygens (including phenoxy) is 1. The van der Waals surface area contributed by atoms with Crippen LogP contribution in [0.4, 0.5) is 19.0 Å². The van der Waals surface area contributed by atoms with E-state index in [1.54, 1.807) is 12.1 Å². The van der Waals surface area contributed by atoms with Gasteiger partial charge >= 0.3 is 6.18 Å². The molecule has 0 saturated carbocycles. The maximum atomic E-state index is 13.3. The molecule has 27 heavy (non-hydrogen) atoms. The molecule has 2 aromatic rings. The molecule has 2 aromatic heterocycles. The summed E-state index contributed by atoms with van der Waals surface area (Å²) in [5.41, 5.74) is -0.492. The maximum absolute atomic E-state index is 13.3. The number of alkyl halides is 3. The van der Waals surface area contributed by atoms with E-state index in [1.807, 2.05) is 6.92 Å². The predicted molar refractivity (Wildman–Crippen MR) is 95.2 cm³/mol. The van der Waals surface area contributed by atoms with Gasteiger partial charge in [0.05, 0.1) is 13.2 Å². The van der Waals surface area contributed by atoms with E-state index in [4.69, 9.17) is 4.74 Å². The van der Waals surface area contributed by atoms with Crippen molar-refractivity contribution < 1.29 is 17.9 Å². The first-order valence-corrected chi connectivity index (χ1v) is 8.78. The molecule has 3 heterocycles. The van der Waals surface area contributed by atoms with Crippen LogP contribution in [0.3, 0.4) is 0 Å². The number of halogens is 3. The summed E-state index contributed by atoms with van der Waals surface area (Å²) in [5.74, 6) is 0.166. The van der Waals surface area contributed by atoms with Crippen LogP contribution in [0.1, 0.15) is 19.5 Å². The molecular weight excluding hydrogens is 359 g/mol. The number of hydrogen-bond donors (Lipinski definition) is 1. The van der Waals surface area contributed by atoms with Crippen LogP contribution in [-0.2, 0) is 10.9 Å². The van der Waals surface area contributed by atoms with Gasteiger partial charge < -0.3 is 10.1 Å². The van der Waals surface area contributed by atoms with Gasteiger partial charge in [-0.25, -0.2) is 9.97 Å². The van der Waals surface area contributed by atoms with E-state index in [2.05, 4.69) is 32.1 Å². The highest BCUT2D eigenvalue weighted by Gasteiger charge is 2.34. The zero-order chi connectivity index (χ0) is 19.4. The Balaban J connectivity index is 1.80. The summed E-state index contributed by atoms with van der Waals surface area (Å²) in [4.78, 5) is 14.1. The number of rotatable bonds is 5. The number of pyridine rings is 1. The first kappa shape index (κ1) is 19.5. The second-order valence-corrected chi connectivity index (χ2v) is 6.59. The Bertz CT molecular complexity index is 756. The molecule has 9 heteroatoms. The second-order valence-electron chi connectivity index (χ2n) is 6.59. The molecule has 1 aliphatic rings. The average molecular weight is 381 g/mol. The molecule has 6 nitrogen and oxygen atoms in total. The molecule has 0 spiro atoms. The Hall–Kier alpha value is -2.26. The standard InChI is InChI=1S/C18H22F3N5O/c1-12(26-7-8-27-11-13(26)2)10-23-16-9-15(18(19,20)21)24-17(25-16)14-3-5-22-6-4-14/h3-6,9,12-13H,7-8,10-11H2,1-2H3,(H,23,24,25). The Morgan fingerprint density at radius 2 is 2.04 bits per heavy atom. The third kappa shape index (κ3) is 4.92. The molecule has 0 radical (unpaired) electrons. The Morgan fingerprint density at radius 1 is 1.30 bits per heavy atom. The molecule has 2 atom stereocenters. The summed E-state index contributed by atoms with van der Waals surface area (Å²) in [6.07, 6.45) is -1.56. The minimum absolute atomic E-state index is 0.0159. The lowest BCUT2D eigenvalue weighted by Crippen LogP contribution is -2.50. The summed E-state index contributed by atoms with van der Waals surface area (Å²) in [5, 5.41) is 3.04. The molecule has 1 aliphatic heterocycles. The highest BCUT2D eigenvalue weighted by atomic mass is 19.4. The molecule has 0 aliphatic carbocycles. The van der Waals surface area contributed by atoms with E-state index < -0.39 is 11.9 Å². The van der Waals surface area contributed by atoms with Crippen LogP contribution in [0, 0.1) is 0 Å². The fraction of sp³-hybridized carbons (Fsp3) is 0.500. The van der Waals surface area contributed by atoms with Gasteiger partial charge in [0.1, 0.15) is 5.82 Å². The molecular formula is C18H22F3N5O. The summed E-state index contributed by atoms with van der Waals surface area (Å²) in [6.45, 7) is 6.68. The maximum Gasteiger partial charge on any atom is 0.433 e. The van der Waals surface area contributed by atoms with Gasteiger partial charge in [-0.2, -0.15) is 13.2 Å². The van der Waals surface area contributed by atoms with Gasteiger partial charge in [0.2, 0.25) is 0 Å². The molecule has 146 valence electrons. The van der Waals surface area contributed by atoms with Crippen LogP contribution >= 0.6 is 0 Å². The van der Waals surface area contributed by atoms with Crippen LogP contribution in [0.2, 0.25) is 0 Å². The van der Waals surface area contributed by atoms with Gasteiger partial charge in [-0.3, -0.25) is 9.88 Å². The molecule has 3 rings (SSSR count). The SMILES string of the molecule is CC(CNc1cc(C(F)(F)F)nc(-c2ccncc2)n1)N1CCOCC1C. The average Bonchev–Trinajstić information content (AvgIpc) is 2.66. The fourth-order valence-corrected chi connectivity index (χ4v) is 3.08. The van der Waals surface area contributed by atoms with Gasteiger partial charge in [-0.15, -0.1) is 0 Å². The van der Waals surface area contributed by atoms with Crippen molar-refractivity contribution in [3.8, 4) is 11.4 Å². The molecule has 0 aromatic carbocycles. The number of nitrogens with one attached hydrogen (secondary N) is 1. The summed E-state index contributed by atoms with van der Waals surface area (Å²) >= 11 is 0. The van der Waals surface area contributed by atoms with E-state index in [0.29, 0.717) is 25.3 Å². The van der Waals surface area contributed by atoms with Crippen LogP contribution in [0.5, 0.6) is 0 Å². The highest BCUT2D eigenvalue weighted by Crippen LogP contribution is 2.30. The Labute approximate surface area is 155 Å².